The average Bonchev–Trinajstić information content (AvgIpc) is 2.79. The molecule has 0 spiro atoms. The third-order valence-electron chi connectivity index (χ3n) is 4.41. The number of esters is 1. The summed E-state index contributed by atoms with van der Waals surface area (Å²) in [6, 6.07) is 13.5. The quantitative estimate of drug-likeness (QED) is 0.701. The molecule has 0 bridgehead atoms. The summed E-state index contributed by atoms with van der Waals surface area (Å²) in [5.41, 5.74) is 1.62. The Bertz CT molecular complexity index is 987. The maximum atomic E-state index is 13.3. The minimum atomic E-state index is -0.801. The van der Waals surface area contributed by atoms with Crippen LogP contribution in [0.15, 0.2) is 53.4 Å². The van der Waals surface area contributed by atoms with Gasteiger partial charge in [-0.05, 0) is 57.5 Å². The highest BCUT2D eigenvalue weighted by atomic mass is 32.2. The molecule has 0 fully saturated rings. The third-order valence-corrected chi connectivity index (χ3v) is 5.57. The Morgan fingerprint density at radius 2 is 1.90 bits per heavy atom. The van der Waals surface area contributed by atoms with Crippen molar-refractivity contribution in [2.24, 2.45) is 0 Å². The first-order chi connectivity index (χ1) is 14.6. The number of hydrogen-bond acceptors (Lipinski definition) is 5. The molecule has 0 aromatic heterocycles. The number of urea groups is 1. The highest BCUT2D eigenvalue weighted by Crippen LogP contribution is 2.34. The van der Waals surface area contributed by atoms with Gasteiger partial charge in [0.1, 0.15) is 18.2 Å². The second-order valence-corrected chi connectivity index (χ2v) is 9.37. The monoisotopic (exact) mass is 441 g/mol. The van der Waals surface area contributed by atoms with Crippen LogP contribution in [0.25, 0.3) is 0 Å². The van der Waals surface area contributed by atoms with Crippen molar-refractivity contribution >= 4 is 41.0 Å². The van der Waals surface area contributed by atoms with E-state index in [2.05, 4.69) is 10.6 Å². The number of carbonyl (C=O) groups is 3. The molecule has 31 heavy (non-hydrogen) atoms. The second-order valence-electron chi connectivity index (χ2n) is 8.31. The Labute approximate surface area is 186 Å². The minimum Gasteiger partial charge on any atom is -0.459 e. The lowest BCUT2D eigenvalue weighted by molar-refractivity contribution is -0.153. The summed E-state index contributed by atoms with van der Waals surface area (Å²) in [5.74, 6) is -0.518. The first kappa shape index (κ1) is 22.7. The summed E-state index contributed by atoms with van der Waals surface area (Å²) in [7, 11) is 0. The number of aryl methyl sites for hydroxylation is 1. The highest BCUT2D eigenvalue weighted by Gasteiger charge is 2.34. The topological polar surface area (TPSA) is 87.7 Å². The summed E-state index contributed by atoms with van der Waals surface area (Å²) >= 11 is 1.46. The maximum Gasteiger partial charge on any atom is 0.326 e. The summed E-state index contributed by atoms with van der Waals surface area (Å²) in [5, 5.41) is 5.51. The number of ether oxygens (including phenoxy) is 1. The van der Waals surface area contributed by atoms with Crippen molar-refractivity contribution in [1.29, 1.82) is 0 Å². The largest absolute Gasteiger partial charge is 0.459 e. The predicted molar refractivity (Wildman–Crippen MR) is 122 cm³/mol. The fraction of sp³-hybridized carbons (Fsp3) is 0.348. The van der Waals surface area contributed by atoms with Crippen molar-refractivity contribution in [2.45, 2.75) is 44.2 Å². The molecule has 2 aromatic rings. The number of amides is 3. The Morgan fingerprint density at radius 3 is 2.61 bits per heavy atom. The van der Waals surface area contributed by atoms with Crippen LogP contribution < -0.4 is 15.5 Å². The molecule has 2 N–H and O–H groups in total. The molecular weight excluding hydrogens is 414 g/mol. The molecule has 3 rings (SSSR count). The van der Waals surface area contributed by atoms with Gasteiger partial charge < -0.3 is 15.4 Å². The van der Waals surface area contributed by atoms with Gasteiger partial charge in [-0.25, -0.2) is 4.79 Å². The van der Waals surface area contributed by atoms with Gasteiger partial charge in [0.25, 0.3) is 5.91 Å². The SMILES string of the molecule is Cc1cccc(NC(=O)N[C@H]2CSc3ccccc3N(CC(=O)OC(C)(C)C)C2=O)c1. The Hall–Kier alpha value is -3.00. The molecule has 3 amide bonds. The summed E-state index contributed by atoms with van der Waals surface area (Å²) in [6.45, 7) is 7.03. The maximum absolute atomic E-state index is 13.3. The molecule has 0 unspecified atom stereocenters. The summed E-state index contributed by atoms with van der Waals surface area (Å²) in [6.07, 6.45) is 0. The van der Waals surface area contributed by atoms with Gasteiger partial charge in [0.2, 0.25) is 0 Å². The molecule has 0 saturated heterocycles. The van der Waals surface area contributed by atoms with E-state index in [1.807, 2.05) is 43.3 Å². The van der Waals surface area contributed by atoms with E-state index in [1.54, 1.807) is 32.9 Å². The van der Waals surface area contributed by atoms with E-state index in [0.29, 0.717) is 17.1 Å². The van der Waals surface area contributed by atoms with E-state index in [4.69, 9.17) is 4.74 Å². The lowest BCUT2D eigenvalue weighted by Gasteiger charge is -2.27. The van der Waals surface area contributed by atoms with Crippen molar-refractivity contribution in [3.05, 3.63) is 54.1 Å². The number of benzene rings is 2. The zero-order valence-corrected chi connectivity index (χ0v) is 18.9. The van der Waals surface area contributed by atoms with Crippen LogP contribution in [0.3, 0.4) is 0 Å². The first-order valence-electron chi connectivity index (χ1n) is 10.0. The number of hydrogen-bond donors (Lipinski definition) is 2. The zero-order chi connectivity index (χ0) is 22.6. The van der Waals surface area contributed by atoms with E-state index in [9.17, 15) is 14.4 Å². The second kappa shape index (κ2) is 9.43. The van der Waals surface area contributed by atoms with Gasteiger partial charge in [-0.15, -0.1) is 11.8 Å². The molecule has 1 aliphatic heterocycles. The number of fused-ring (bicyclic) bond motifs is 1. The van der Waals surface area contributed by atoms with Crippen LogP contribution in [0.1, 0.15) is 26.3 Å². The zero-order valence-electron chi connectivity index (χ0n) is 18.1. The van der Waals surface area contributed by atoms with Crippen LogP contribution in [0.5, 0.6) is 0 Å². The molecule has 8 heteroatoms. The van der Waals surface area contributed by atoms with Crippen molar-refractivity contribution in [2.75, 3.05) is 22.5 Å². The number of nitrogens with zero attached hydrogens (tertiary/aromatic N) is 1. The molecule has 0 saturated carbocycles. The number of anilines is 2. The van der Waals surface area contributed by atoms with Crippen LogP contribution in [0, 0.1) is 6.92 Å². The lowest BCUT2D eigenvalue weighted by atomic mass is 10.2. The van der Waals surface area contributed by atoms with Crippen molar-refractivity contribution in [3.63, 3.8) is 0 Å². The summed E-state index contributed by atoms with van der Waals surface area (Å²) < 4.78 is 5.41. The molecule has 7 nitrogen and oxygen atoms in total. The van der Waals surface area contributed by atoms with Gasteiger partial charge in [0.05, 0.1) is 5.69 Å². The molecule has 1 atom stereocenters. The van der Waals surface area contributed by atoms with Crippen molar-refractivity contribution < 1.29 is 19.1 Å². The Morgan fingerprint density at radius 1 is 1.16 bits per heavy atom. The van der Waals surface area contributed by atoms with E-state index in [1.165, 1.54) is 16.7 Å². The highest BCUT2D eigenvalue weighted by molar-refractivity contribution is 7.99. The predicted octanol–water partition coefficient (Wildman–Crippen LogP) is 3.97. The van der Waals surface area contributed by atoms with Gasteiger partial charge in [0, 0.05) is 16.3 Å². The van der Waals surface area contributed by atoms with E-state index < -0.39 is 23.6 Å². The molecule has 0 aliphatic carbocycles. The van der Waals surface area contributed by atoms with Gasteiger partial charge in [-0.3, -0.25) is 14.5 Å². The number of thioether (sulfide) groups is 1. The smallest absolute Gasteiger partial charge is 0.326 e. The van der Waals surface area contributed by atoms with Gasteiger partial charge >= 0.3 is 12.0 Å². The Kier molecular flexibility index (Phi) is 6.90. The standard InChI is InChI=1S/C23H27N3O4S/c1-15-8-7-9-16(12-15)24-22(29)25-17-14-31-19-11-6-5-10-18(19)26(21(17)28)13-20(27)30-23(2,3)4/h5-12,17H,13-14H2,1-4H3,(H2,24,25,29)/t17-/m0/s1. The average molecular weight is 442 g/mol. The normalized spacial score (nSPS) is 16.2. The van der Waals surface area contributed by atoms with Crippen molar-refractivity contribution in [1.82, 2.24) is 5.32 Å². The third kappa shape index (κ3) is 6.24. The van der Waals surface area contributed by atoms with Crippen LogP contribution >= 0.6 is 11.8 Å². The van der Waals surface area contributed by atoms with E-state index >= 15 is 0 Å². The molecule has 0 radical (unpaired) electrons. The first-order valence-corrected chi connectivity index (χ1v) is 11.0. The van der Waals surface area contributed by atoms with Crippen LogP contribution in [-0.4, -0.2) is 41.8 Å². The number of nitrogens with one attached hydrogen (secondary N) is 2. The van der Waals surface area contributed by atoms with Gasteiger partial charge in [-0.2, -0.15) is 0 Å². The van der Waals surface area contributed by atoms with Crippen LogP contribution in [-0.2, 0) is 14.3 Å². The Balaban J connectivity index is 1.77. The molecule has 2 aromatic carbocycles. The van der Waals surface area contributed by atoms with Gasteiger partial charge in [-0.1, -0.05) is 24.3 Å². The fourth-order valence-corrected chi connectivity index (χ4v) is 4.24. The van der Waals surface area contributed by atoms with Crippen LogP contribution in [0.2, 0.25) is 0 Å². The van der Waals surface area contributed by atoms with E-state index in [0.717, 1.165) is 10.5 Å². The lowest BCUT2D eigenvalue weighted by Crippen LogP contribution is -2.52. The van der Waals surface area contributed by atoms with Crippen LogP contribution in [0.4, 0.5) is 16.2 Å². The minimum absolute atomic E-state index is 0.231. The summed E-state index contributed by atoms with van der Waals surface area (Å²) in [4.78, 5) is 40.6. The number of para-hydroxylation sites is 1. The van der Waals surface area contributed by atoms with Crippen molar-refractivity contribution in [3.8, 4) is 0 Å². The molecule has 1 aliphatic rings. The van der Waals surface area contributed by atoms with Gasteiger partial charge in [0.15, 0.2) is 0 Å². The molecule has 164 valence electrons. The number of carbonyl (C=O) groups excluding carboxylic acids is 3. The molecule has 1 heterocycles. The molecular formula is C23H27N3O4S. The number of rotatable bonds is 4. The fourth-order valence-electron chi connectivity index (χ4n) is 3.17. The van der Waals surface area contributed by atoms with E-state index in [-0.39, 0.29) is 12.5 Å².